The summed E-state index contributed by atoms with van der Waals surface area (Å²) in [7, 11) is 0. The first-order valence-electron chi connectivity index (χ1n) is 10.4. The van der Waals surface area contributed by atoms with Gasteiger partial charge >= 0.3 is 6.03 Å². The Hall–Kier alpha value is -3.89. The zero-order valence-corrected chi connectivity index (χ0v) is 18.3. The van der Waals surface area contributed by atoms with Crippen molar-refractivity contribution in [2.24, 2.45) is 0 Å². The number of anilines is 2. The van der Waals surface area contributed by atoms with E-state index in [0.717, 1.165) is 6.42 Å². The number of carbonyl (C=O) groups is 2. The van der Waals surface area contributed by atoms with Crippen LogP contribution in [-0.2, 0) is 6.54 Å². The van der Waals surface area contributed by atoms with E-state index >= 15 is 0 Å². The van der Waals surface area contributed by atoms with Crippen LogP contribution in [0, 0.1) is 17.1 Å². The Morgan fingerprint density at radius 2 is 1.85 bits per heavy atom. The number of urea groups is 1. The summed E-state index contributed by atoms with van der Waals surface area (Å²) in [6.45, 7) is 1.20. The number of rotatable bonds is 5. The number of nitriles is 1. The molecule has 1 saturated heterocycles. The summed E-state index contributed by atoms with van der Waals surface area (Å²) >= 11 is 5.86. The fraction of sp³-hybridized carbons (Fsp3) is 0.160. The molecule has 33 heavy (non-hydrogen) atoms. The van der Waals surface area contributed by atoms with Crippen LogP contribution in [0.2, 0.25) is 5.02 Å². The highest BCUT2D eigenvalue weighted by Crippen LogP contribution is 2.25. The maximum Gasteiger partial charge on any atom is 0.324 e. The smallest absolute Gasteiger partial charge is 0.322 e. The largest absolute Gasteiger partial charge is 0.324 e. The van der Waals surface area contributed by atoms with E-state index in [1.54, 1.807) is 64.4 Å². The number of hydrogen-bond donors (Lipinski definition) is 1. The van der Waals surface area contributed by atoms with E-state index < -0.39 is 5.82 Å². The molecule has 4 rings (SSSR count). The van der Waals surface area contributed by atoms with E-state index in [4.69, 9.17) is 16.9 Å². The third kappa shape index (κ3) is 4.97. The lowest BCUT2D eigenvalue weighted by atomic mass is 10.1. The number of hydrogen-bond acceptors (Lipinski definition) is 3. The molecule has 0 aromatic heterocycles. The minimum Gasteiger partial charge on any atom is -0.322 e. The average Bonchev–Trinajstić information content (AvgIpc) is 2.84. The molecule has 3 amide bonds. The summed E-state index contributed by atoms with van der Waals surface area (Å²) in [5, 5.41) is 11.8. The van der Waals surface area contributed by atoms with Gasteiger partial charge in [-0.3, -0.25) is 9.69 Å². The molecule has 1 N–H and O–H groups in total. The van der Waals surface area contributed by atoms with Gasteiger partial charge in [-0.05, 0) is 55.0 Å². The van der Waals surface area contributed by atoms with Crippen molar-refractivity contribution in [1.29, 1.82) is 5.26 Å². The molecule has 1 heterocycles. The van der Waals surface area contributed by atoms with Crippen molar-refractivity contribution in [3.8, 4) is 6.07 Å². The third-order valence-corrected chi connectivity index (χ3v) is 5.69. The average molecular weight is 463 g/mol. The van der Waals surface area contributed by atoms with Gasteiger partial charge in [-0.1, -0.05) is 29.8 Å². The quantitative estimate of drug-likeness (QED) is 0.548. The Labute approximate surface area is 195 Å². The normalized spacial score (nSPS) is 13.5. The monoisotopic (exact) mass is 462 g/mol. The van der Waals surface area contributed by atoms with Crippen molar-refractivity contribution in [3.63, 3.8) is 0 Å². The number of carbonyl (C=O) groups excluding carboxylic acids is 2. The summed E-state index contributed by atoms with van der Waals surface area (Å²) in [6.07, 6.45) is 0.738. The van der Waals surface area contributed by atoms with Crippen LogP contribution < -0.4 is 10.2 Å². The molecule has 0 radical (unpaired) electrons. The molecule has 166 valence electrons. The lowest BCUT2D eigenvalue weighted by Gasteiger charge is -2.35. The molecule has 3 aromatic rings. The first-order valence-corrected chi connectivity index (χ1v) is 10.7. The van der Waals surface area contributed by atoms with Crippen LogP contribution >= 0.6 is 11.6 Å². The zero-order chi connectivity index (χ0) is 23.4. The number of benzene rings is 3. The van der Waals surface area contributed by atoms with Crippen molar-refractivity contribution in [1.82, 2.24) is 4.90 Å². The first-order chi connectivity index (χ1) is 16.0. The second-order valence-electron chi connectivity index (χ2n) is 7.62. The molecular formula is C25H20ClFN4O2. The molecular weight excluding hydrogens is 443 g/mol. The molecule has 1 fully saturated rings. The van der Waals surface area contributed by atoms with Gasteiger partial charge in [-0.2, -0.15) is 5.26 Å². The predicted octanol–water partition coefficient (Wildman–Crippen LogP) is 5.44. The summed E-state index contributed by atoms with van der Waals surface area (Å²) in [5.41, 5.74) is 2.41. The zero-order valence-electron chi connectivity index (χ0n) is 17.6. The summed E-state index contributed by atoms with van der Waals surface area (Å²) in [4.78, 5) is 28.7. The molecule has 1 aliphatic rings. The van der Waals surface area contributed by atoms with E-state index in [1.165, 1.54) is 12.1 Å². The number of amides is 3. The summed E-state index contributed by atoms with van der Waals surface area (Å²) < 4.78 is 14.3. The standard InChI is InChI=1S/C25H20ClFN4O2/c26-22-7-2-6-19(23(22)27)16-30-12-3-13-31(25(30)33)21-10-8-20(9-11-21)29-24(32)18-5-1-4-17(14-18)15-28/h1-2,4-11,14H,3,12-13,16H2,(H,29,32). The van der Waals surface area contributed by atoms with Gasteiger partial charge in [0, 0.05) is 35.6 Å². The number of nitrogens with zero attached hydrogens (tertiary/aromatic N) is 3. The highest BCUT2D eigenvalue weighted by atomic mass is 35.5. The maximum atomic E-state index is 14.3. The lowest BCUT2D eigenvalue weighted by molar-refractivity contribution is 0.102. The van der Waals surface area contributed by atoms with Gasteiger partial charge in [0.25, 0.3) is 5.91 Å². The third-order valence-electron chi connectivity index (χ3n) is 5.39. The fourth-order valence-corrected chi connectivity index (χ4v) is 3.90. The molecule has 0 atom stereocenters. The van der Waals surface area contributed by atoms with Crippen molar-refractivity contribution < 1.29 is 14.0 Å². The minimum absolute atomic E-state index is 0.0331. The molecule has 0 bridgehead atoms. The van der Waals surface area contributed by atoms with Crippen LogP contribution in [-0.4, -0.2) is 29.9 Å². The maximum absolute atomic E-state index is 14.3. The molecule has 0 aliphatic carbocycles. The van der Waals surface area contributed by atoms with Crippen molar-refractivity contribution in [2.45, 2.75) is 13.0 Å². The molecule has 8 heteroatoms. The summed E-state index contributed by atoms with van der Waals surface area (Å²) in [5.74, 6) is -0.840. The van der Waals surface area contributed by atoms with Crippen LogP contribution in [0.4, 0.5) is 20.6 Å². The van der Waals surface area contributed by atoms with Gasteiger partial charge in [0.05, 0.1) is 23.2 Å². The van der Waals surface area contributed by atoms with E-state index in [-0.39, 0.29) is 23.5 Å². The van der Waals surface area contributed by atoms with Crippen LogP contribution in [0.25, 0.3) is 0 Å². The molecule has 3 aromatic carbocycles. The van der Waals surface area contributed by atoms with Gasteiger partial charge in [0.15, 0.2) is 0 Å². The van der Waals surface area contributed by atoms with Crippen LogP contribution in [0.15, 0.2) is 66.7 Å². The van der Waals surface area contributed by atoms with E-state index in [2.05, 4.69) is 5.32 Å². The Bertz CT molecular complexity index is 1240. The minimum atomic E-state index is -0.510. The second kappa shape index (κ2) is 9.72. The first kappa shape index (κ1) is 22.3. The van der Waals surface area contributed by atoms with Crippen LogP contribution in [0.5, 0.6) is 0 Å². The van der Waals surface area contributed by atoms with Crippen LogP contribution in [0.1, 0.15) is 27.9 Å². The van der Waals surface area contributed by atoms with E-state index in [1.807, 2.05) is 6.07 Å². The predicted molar refractivity (Wildman–Crippen MR) is 125 cm³/mol. The van der Waals surface area contributed by atoms with Crippen molar-refractivity contribution >= 4 is 34.9 Å². The fourth-order valence-electron chi connectivity index (χ4n) is 3.70. The van der Waals surface area contributed by atoms with Crippen molar-refractivity contribution in [3.05, 3.63) is 94.3 Å². The van der Waals surface area contributed by atoms with Gasteiger partial charge < -0.3 is 10.2 Å². The highest BCUT2D eigenvalue weighted by Gasteiger charge is 2.27. The Kier molecular flexibility index (Phi) is 6.57. The van der Waals surface area contributed by atoms with Crippen LogP contribution in [0.3, 0.4) is 0 Å². The Morgan fingerprint density at radius 1 is 1.09 bits per heavy atom. The highest BCUT2D eigenvalue weighted by molar-refractivity contribution is 6.30. The van der Waals surface area contributed by atoms with E-state index in [0.29, 0.717) is 41.2 Å². The topological polar surface area (TPSA) is 76.4 Å². The number of halogens is 2. The summed E-state index contributed by atoms with van der Waals surface area (Å²) in [6, 6.07) is 19.9. The SMILES string of the molecule is N#Cc1cccc(C(=O)Nc2ccc(N3CCCN(Cc4cccc(Cl)c4F)C3=O)cc2)c1. The molecule has 1 aliphatic heterocycles. The Morgan fingerprint density at radius 3 is 2.61 bits per heavy atom. The van der Waals surface area contributed by atoms with Gasteiger partial charge in [0.2, 0.25) is 0 Å². The molecule has 0 spiro atoms. The second-order valence-corrected chi connectivity index (χ2v) is 8.02. The lowest BCUT2D eigenvalue weighted by Crippen LogP contribution is -2.49. The molecule has 0 saturated carbocycles. The number of nitrogens with one attached hydrogen (secondary N) is 1. The van der Waals surface area contributed by atoms with Crippen molar-refractivity contribution in [2.75, 3.05) is 23.3 Å². The van der Waals surface area contributed by atoms with E-state index in [9.17, 15) is 14.0 Å². The Balaban J connectivity index is 1.44. The van der Waals surface area contributed by atoms with Gasteiger partial charge in [-0.25, -0.2) is 9.18 Å². The van der Waals surface area contributed by atoms with Gasteiger partial charge in [-0.15, -0.1) is 0 Å². The van der Waals surface area contributed by atoms with Gasteiger partial charge in [0.1, 0.15) is 5.82 Å². The molecule has 0 unspecified atom stereocenters. The molecule has 6 nitrogen and oxygen atoms in total.